The number of cyclic esters (lactones) is 1. The Labute approximate surface area is 213 Å². The molecule has 0 spiro atoms. The van der Waals surface area contributed by atoms with Crippen molar-refractivity contribution in [2.24, 2.45) is 0 Å². The number of aromatic nitrogens is 1. The molecular formula is C25H30F2N6O4. The third kappa shape index (κ3) is 6.77. The first-order valence-electron chi connectivity index (χ1n) is 12.2. The molecule has 2 aliphatic heterocycles. The Bertz CT molecular complexity index is 1110. The van der Waals surface area contributed by atoms with Crippen molar-refractivity contribution in [1.29, 1.82) is 0 Å². The molecule has 1 aromatic carbocycles. The van der Waals surface area contributed by atoms with Crippen molar-refractivity contribution in [3.63, 3.8) is 0 Å². The van der Waals surface area contributed by atoms with Gasteiger partial charge in [0, 0.05) is 57.1 Å². The van der Waals surface area contributed by atoms with E-state index in [-0.39, 0.29) is 62.2 Å². The number of amides is 2. The summed E-state index contributed by atoms with van der Waals surface area (Å²) in [6.07, 6.45) is 2.76. The zero-order chi connectivity index (χ0) is 26.4. The van der Waals surface area contributed by atoms with E-state index in [1.807, 2.05) is 12.1 Å². The van der Waals surface area contributed by atoms with Gasteiger partial charge >= 0.3 is 6.09 Å². The van der Waals surface area contributed by atoms with Crippen LogP contribution in [0.15, 0.2) is 36.7 Å². The van der Waals surface area contributed by atoms with Gasteiger partial charge in [0.1, 0.15) is 17.6 Å². The van der Waals surface area contributed by atoms with Gasteiger partial charge in [0.25, 0.3) is 5.91 Å². The average Bonchev–Trinajstić information content (AvgIpc) is 3.07. The van der Waals surface area contributed by atoms with E-state index in [0.717, 1.165) is 17.7 Å². The number of nitrogens with one attached hydrogen (secondary N) is 2. The second kappa shape index (κ2) is 12.1. The summed E-state index contributed by atoms with van der Waals surface area (Å²) in [4.78, 5) is 42.7. The summed E-state index contributed by atoms with van der Waals surface area (Å²) in [6.45, 7) is 3.22. The Morgan fingerprint density at radius 1 is 1.16 bits per heavy atom. The molecule has 0 saturated carbocycles. The summed E-state index contributed by atoms with van der Waals surface area (Å²) in [6, 6.07) is 5.93. The van der Waals surface area contributed by atoms with E-state index in [4.69, 9.17) is 4.74 Å². The summed E-state index contributed by atoms with van der Waals surface area (Å²) in [7, 11) is 0. The van der Waals surface area contributed by atoms with E-state index in [1.165, 1.54) is 21.7 Å². The number of rotatable bonds is 9. The molecule has 2 N–H and O–H groups in total. The number of ketones is 1. The molecule has 198 valence electrons. The number of pyridine rings is 1. The molecule has 0 bridgehead atoms. The van der Waals surface area contributed by atoms with Crippen molar-refractivity contribution in [3.05, 3.63) is 53.9 Å². The van der Waals surface area contributed by atoms with E-state index in [9.17, 15) is 14.4 Å². The molecule has 2 aromatic rings. The van der Waals surface area contributed by atoms with E-state index in [2.05, 4.69) is 15.7 Å². The van der Waals surface area contributed by atoms with Crippen LogP contribution in [0.5, 0.6) is 0 Å². The fourth-order valence-electron chi connectivity index (χ4n) is 4.33. The van der Waals surface area contributed by atoms with Crippen LogP contribution in [-0.4, -0.2) is 73.1 Å². The number of benzene rings is 1. The Hall–Kier alpha value is -3.64. The number of nitrogens with zero attached hydrogens (tertiary/aromatic N) is 4. The van der Waals surface area contributed by atoms with Gasteiger partial charge in [0.15, 0.2) is 11.6 Å². The van der Waals surface area contributed by atoms with Crippen molar-refractivity contribution < 1.29 is 27.9 Å². The lowest BCUT2D eigenvalue weighted by atomic mass is 10.1. The van der Waals surface area contributed by atoms with Crippen molar-refractivity contribution in [3.8, 4) is 0 Å². The molecule has 2 fully saturated rings. The lowest BCUT2D eigenvalue weighted by Gasteiger charge is -2.25. The van der Waals surface area contributed by atoms with Gasteiger partial charge in [-0.1, -0.05) is 0 Å². The maximum Gasteiger partial charge on any atom is 0.414 e. The fourth-order valence-corrected chi connectivity index (χ4v) is 4.33. The van der Waals surface area contributed by atoms with Gasteiger partial charge in [0.05, 0.1) is 25.3 Å². The number of hydrogen-bond acceptors (Lipinski definition) is 8. The number of carbonyl (C=O) groups excluding carboxylic acids is 3. The smallest absolute Gasteiger partial charge is 0.414 e. The average molecular weight is 517 g/mol. The molecule has 4 rings (SSSR count). The normalized spacial score (nSPS) is 18.1. The fraction of sp³-hybridized carbons (Fsp3) is 0.440. The maximum absolute atomic E-state index is 15.1. The largest absolute Gasteiger partial charge is 0.444 e. The number of anilines is 2. The van der Waals surface area contributed by atoms with E-state index < -0.39 is 23.8 Å². The summed E-state index contributed by atoms with van der Waals surface area (Å²) in [5, 5.41) is 4.53. The quantitative estimate of drug-likeness (QED) is 0.521. The topological polar surface area (TPSA) is 107 Å². The summed E-state index contributed by atoms with van der Waals surface area (Å²) in [5.41, 5.74) is 3.85. The Morgan fingerprint density at radius 3 is 2.59 bits per heavy atom. The predicted molar refractivity (Wildman–Crippen MR) is 132 cm³/mol. The Morgan fingerprint density at radius 2 is 1.89 bits per heavy atom. The summed E-state index contributed by atoms with van der Waals surface area (Å²) < 4.78 is 35.5. The molecule has 1 aromatic heterocycles. The van der Waals surface area contributed by atoms with Crippen molar-refractivity contribution in [1.82, 2.24) is 20.7 Å². The molecule has 3 heterocycles. The van der Waals surface area contributed by atoms with Crippen molar-refractivity contribution in [2.45, 2.75) is 32.4 Å². The first kappa shape index (κ1) is 26.4. The highest BCUT2D eigenvalue weighted by Crippen LogP contribution is 2.31. The summed E-state index contributed by atoms with van der Waals surface area (Å²) in [5.74, 6) is -1.83. The number of ether oxygens (including phenoxy) is 1. The van der Waals surface area contributed by atoms with Gasteiger partial charge in [-0.2, -0.15) is 0 Å². The zero-order valence-corrected chi connectivity index (χ0v) is 20.6. The van der Waals surface area contributed by atoms with Crippen LogP contribution in [-0.2, 0) is 20.9 Å². The van der Waals surface area contributed by atoms with Gasteiger partial charge in [-0.3, -0.25) is 19.7 Å². The highest BCUT2D eigenvalue weighted by Gasteiger charge is 2.34. The minimum absolute atomic E-state index is 0.0237. The van der Waals surface area contributed by atoms with E-state index in [1.54, 1.807) is 12.4 Å². The van der Waals surface area contributed by atoms with Crippen molar-refractivity contribution >= 4 is 29.2 Å². The third-order valence-corrected chi connectivity index (χ3v) is 6.26. The number of hydrazine groups is 1. The predicted octanol–water partition coefficient (Wildman–Crippen LogP) is 2.00. The Kier molecular flexibility index (Phi) is 8.62. The minimum atomic E-state index is -0.811. The molecule has 1 atom stereocenters. The lowest BCUT2D eigenvalue weighted by molar-refractivity contribution is -0.133. The van der Waals surface area contributed by atoms with Gasteiger partial charge < -0.3 is 19.7 Å². The van der Waals surface area contributed by atoms with Crippen LogP contribution in [0.2, 0.25) is 0 Å². The number of carbonyl (C=O) groups is 3. The van der Waals surface area contributed by atoms with Crippen molar-refractivity contribution in [2.75, 3.05) is 49.1 Å². The molecule has 2 aliphatic rings. The SMILES string of the molecule is CC(=O)CC[C@H]1CN(c2cc(F)c(N3CCNN(C(=O)CNCc4ccncc4)CC3)c(F)c2)C(=O)O1. The number of halogens is 2. The Balaban J connectivity index is 1.34. The molecule has 10 nitrogen and oxygen atoms in total. The summed E-state index contributed by atoms with van der Waals surface area (Å²) >= 11 is 0. The van der Waals surface area contributed by atoms with Gasteiger partial charge in [-0.05, 0) is 31.0 Å². The second-order valence-electron chi connectivity index (χ2n) is 9.01. The third-order valence-electron chi connectivity index (χ3n) is 6.26. The van der Waals surface area contributed by atoms with Gasteiger partial charge in [0.2, 0.25) is 0 Å². The molecule has 0 aliphatic carbocycles. The van der Waals surface area contributed by atoms with Gasteiger partial charge in [-0.25, -0.2) is 19.0 Å². The minimum Gasteiger partial charge on any atom is -0.444 e. The first-order valence-corrected chi connectivity index (χ1v) is 12.2. The lowest BCUT2D eigenvalue weighted by Crippen LogP contribution is -2.47. The monoisotopic (exact) mass is 516 g/mol. The molecule has 2 saturated heterocycles. The van der Waals surface area contributed by atoms with Crippen LogP contribution in [0.1, 0.15) is 25.3 Å². The number of hydrogen-bond donors (Lipinski definition) is 2. The molecule has 37 heavy (non-hydrogen) atoms. The highest BCUT2D eigenvalue weighted by atomic mass is 19.1. The zero-order valence-electron chi connectivity index (χ0n) is 20.6. The van der Waals surface area contributed by atoms with Crippen LogP contribution in [0, 0.1) is 11.6 Å². The molecule has 0 radical (unpaired) electrons. The van der Waals surface area contributed by atoms with Gasteiger partial charge in [-0.15, -0.1) is 0 Å². The van der Waals surface area contributed by atoms with Crippen LogP contribution >= 0.6 is 0 Å². The highest BCUT2D eigenvalue weighted by molar-refractivity contribution is 5.90. The van der Waals surface area contributed by atoms with E-state index in [0.29, 0.717) is 19.5 Å². The van der Waals surface area contributed by atoms with E-state index >= 15 is 8.78 Å². The maximum atomic E-state index is 15.1. The first-order chi connectivity index (χ1) is 17.8. The van der Waals surface area contributed by atoms with Crippen LogP contribution in [0.4, 0.5) is 25.0 Å². The second-order valence-corrected chi connectivity index (χ2v) is 9.01. The standard InChI is InChI=1S/C25H30F2N6O4/c1-17(34)2-3-20-16-32(25(36)37-20)19-12-21(26)24(22(27)13-19)31-9-8-30-33(11-10-31)23(35)15-29-14-18-4-6-28-7-5-18/h4-7,12-13,20,29-30H,2-3,8-11,14-16H2,1H3/t20-/m0/s1. The molecule has 0 unspecified atom stereocenters. The van der Waals surface area contributed by atoms with Crippen LogP contribution in [0.25, 0.3) is 0 Å². The molecule has 12 heteroatoms. The molecular weight excluding hydrogens is 486 g/mol. The molecule has 2 amide bonds. The number of Topliss-reactive ketones (excluding diaryl/α,β-unsaturated/α-hetero) is 1. The van der Waals surface area contributed by atoms with Crippen LogP contribution < -0.4 is 20.5 Å². The van der Waals surface area contributed by atoms with Crippen LogP contribution in [0.3, 0.4) is 0 Å².